The molecule has 0 aliphatic carbocycles. The van der Waals surface area contributed by atoms with Crippen molar-refractivity contribution in [2.24, 2.45) is 5.10 Å². The number of benzene rings is 3. The average Bonchev–Trinajstić information content (AvgIpc) is 3.33. The lowest BCUT2D eigenvalue weighted by Gasteiger charge is -2.23. The summed E-state index contributed by atoms with van der Waals surface area (Å²) in [7, 11) is 0. The number of halogens is 3. The Labute approximate surface area is 238 Å². The Morgan fingerprint density at radius 1 is 0.949 bits per heavy atom. The van der Waals surface area contributed by atoms with Crippen molar-refractivity contribution in [2.75, 3.05) is 0 Å². The zero-order valence-electron chi connectivity index (χ0n) is 20.5. The zero-order chi connectivity index (χ0) is 27.7. The average molecular weight is 583 g/mol. The summed E-state index contributed by atoms with van der Waals surface area (Å²) in [6.45, 7) is 0. The molecular weight excluding hydrogens is 561 g/mol. The van der Waals surface area contributed by atoms with Gasteiger partial charge in [0.15, 0.2) is 0 Å². The summed E-state index contributed by atoms with van der Waals surface area (Å²) >= 11 is 18.8. The largest absolute Gasteiger partial charge is 0.481 e. The standard InChI is InChI=1S/C29H22Cl3N3O4/c30-17-10-8-16(9-11-17)27-20-4-1-2-5-22(20)33-29(39)28(27)23-15-24(19-13-12-18(31)14-21(19)32)35(34-23)25(36)6-3-7-26(37)38/h1-2,4-5,8-14,24H,3,6-7,15H2,(H,33,39)(H,37,38). The van der Waals surface area contributed by atoms with Gasteiger partial charge in [-0.2, -0.15) is 5.10 Å². The van der Waals surface area contributed by atoms with Crippen molar-refractivity contribution in [1.82, 2.24) is 9.99 Å². The van der Waals surface area contributed by atoms with Crippen LogP contribution in [0.1, 0.15) is 42.9 Å². The fraction of sp³-hybridized carbons (Fsp3) is 0.172. The van der Waals surface area contributed by atoms with Gasteiger partial charge >= 0.3 is 5.97 Å². The Morgan fingerprint density at radius 3 is 2.38 bits per heavy atom. The third kappa shape index (κ3) is 5.57. The first-order valence-corrected chi connectivity index (χ1v) is 13.3. The minimum Gasteiger partial charge on any atom is -0.481 e. The number of hydrogen-bond donors (Lipinski definition) is 2. The molecular formula is C29H22Cl3N3O4. The van der Waals surface area contributed by atoms with Crippen LogP contribution in [0.3, 0.4) is 0 Å². The molecule has 1 amide bonds. The van der Waals surface area contributed by atoms with Crippen molar-refractivity contribution in [1.29, 1.82) is 0 Å². The van der Waals surface area contributed by atoms with Crippen LogP contribution in [-0.4, -0.2) is 32.7 Å². The van der Waals surface area contributed by atoms with Gasteiger partial charge in [0.2, 0.25) is 5.91 Å². The van der Waals surface area contributed by atoms with Crippen LogP contribution in [0.2, 0.25) is 15.1 Å². The predicted molar refractivity (Wildman–Crippen MR) is 154 cm³/mol. The SMILES string of the molecule is O=C(O)CCCC(=O)N1N=C(c2c(-c3ccc(Cl)cc3)c3ccccc3[nH]c2=O)CC1c1ccc(Cl)cc1Cl. The molecule has 3 aromatic carbocycles. The monoisotopic (exact) mass is 581 g/mol. The number of nitrogens with zero attached hydrogens (tertiary/aromatic N) is 2. The molecule has 7 nitrogen and oxygen atoms in total. The van der Waals surface area contributed by atoms with E-state index in [0.717, 1.165) is 10.9 Å². The highest BCUT2D eigenvalue weighted by atomic mass is 35.5. The van der Waals surface area contributed by atoms with Gasteiger partial charge < -0.3 is 10.1 Å². The molecule has 0 saturated carbocycles. The van der Waals surface area contributed by atoms with Gasteiger partial charge in [-0.15, -0.1) is 0 Å². The Kier molecular flexibility index (Phi) is 7.75. The summed E-state index contributed by atoms with van der Waals surface area (Å²) in [6.07, 6.45) is 0.202. The second-order valence-electron chi connectivity index (χ2n) is 9.17. The molecule has 1 aliphatic rings. The molecule has 1 aliphatic heterocycles. The van der Waals surface area contributed by atoms with Crippen LogP contribution in [0.15, 0.2) is 76.6 Å². The molecule has 1 atom stereocenters. The van der Waals surface area contributed by atoms with Crippen LogP contribution in [0, 0.1) is 0 Å². The number of amides is 1. The number of aromatic nitrogens is 1. The van der Waals surface area contributed by atoms with E-state index in [-0.39, 0.29) is 37.1 Å². The number of pyridine rings is 1. The third-order valence-electron chi connectivity index (χ3n) is 6.61. The minimum atomic E-state index is -0.985. The van der Waals surface area contributed by atoms with Crippen molar-refractivity contribution in [3.05, 3.63) is 103 Å². The van der Waals surface area contributed by atoms with E-state index in [0.29, 0.717) is 43.0 Å². The number of carboxylic acid groups (broad SMARTS) is 1. The molecule has 1 unspecified atom stereocenters. The smallest absolute Gasteiger partial charge is 0.303 e. The van der Waals surface area contributed by atoms with Crippen LogP contribution < -0.4 is 5.56 Å². The van der Waals surface area contributed by atoms with Gasteiger partial charge in [-0.25, -0.2) is 5.01 Å². The lowest BCUT2D eigenvalue weighted by Crippen LogP contribution is -2.27. The highest BCUT2D eigenvalue weighted by Crippen LogP contribution is 2.40. The van der Waals surface area contributed by atoms with Crippen LogP contribution >= 0.6 is 34.8 Å². The fourth-order valence-electron chi connectivity index (χ4n) is 4.85. The van der Waals surface area contributed by atoms with E-state index in [9.17, 15) is 14.4 Å². The second-order valence-corrected chi connectivity index (χ2v) is 10.5. The lowest BCUT2D eigenvalue weighted by molar-refractivity contribution is -0.137. The van der Waals surface area contributed by atoms with Crippen molar-refractivity contribution in [3.63, 3.8) is 0 Å². The van der Waals surface area contributed by atoms with Crippen molar-refractivity contribution in [3.8, 4) is 11.1 Å². The number of fused-ring (bicyclic) bond motifs is 1. The molecule has 1 aromatic heterocycles. The predicted octanol–water partition coefficient (Wildman–Crippen LogP) is 7.09. The zero-order valence-corrected chi connectivity index (χ0v) is 22.7. The number of hydrazone groups is 1. The molecule has 4 aromatic rings. The number of carboxylic acids is 1. The summed E-state index contributed by atoms with van der Waals surface area (Å²) in [5.41, 5.74) is 3.13. The van der Waals surface area contributed by atoms with Crippen LogP contribution in [0.4, 0.5) is 0 Å². The Hall–Kier alpha value is -3.65. The summed E-state index contributed by atoms with van der Waals surface area (Å²) in [5, 5.41) is 17.2. The first-order valence-electron chi connectivity index (χ1n) is 12.2. The van der Waals surface area contributed by atoms with Gasteiger partial charge in [0.05, 0.1) is 17.3 Å². The van der Waals surface area contributed by atoms with Crippen molar-refractivity contribution >= 4 is 63.3 Å². The van der Waals surface area contributed by atoms with E-state index in [1.165, 1.54) is 5.01 Å². The maximum absolute atomic E-state index is 13.6. The van der Waals surface area contributed by atoms with Gasteiger partial charge in [-0.1, -0.05) is 71.2 Å². The van der Waals surface area contributed by atoms with E-state index in [4.69, 9.17) is 39.9 Å². The molecule has 2 heterocycles. The molecule has 39 heavy (non-hydrogen) atoms. The Balaban J connectivity index is 1.66. The van der Waals surface area contributed by atoms with Gasteiger partial charge in [0, 0.05) is 50.8 Å². The lowest BCUT2D eigenvalue weighted by atomic mass is 9.91. The van der Waals surface area contributed by atoms with Crippen LogP contribution in [0.25, 0.3) is 22.0 Å². The maximum Gasteiger partial charge on any atom is 0.303 e. The number of aromatic amines is 1. The second kappa shape index (κ2) is 11.2. The highest BCUT2D eigenvalue weighted by Gasteiger charge is 2.36. The summed E-state index contributed by atoms with van der Waals surface area (Å²) in [6, 6.07) is 19.0. The molecule has 5 rings (SSSR count). The van der Waals surface area contributed by atoms with E-state index in [1.807, 2.05) is 36.4 Å². The van der Waals surface area contributed by atoms with Gasteiger partial charge in [-0.3, -0.25) is 14.4 Å². The third-order valence-corrected chi connectivity index (χ3v) is 7.43. The molecule has 0 saturated heterocycles. The van der Waals surface area contributed by atoms with Crippen molar-refractivity contribution < 1.29 is 14.7 Å². The number of rotatable bonds is 7. The van der Waals surface area contributed by atoms with E-state index in [2.05, 4.69) is 10.1 Å². The number of H-pyrrole nitrogens is 1. The fourth-order valence-corrected chi connectivity index (χ4v) is 5.51. The van der Waals surface area contributed by atoms with Crippen LogP contribution in [0.5, 0.6) is 0 Å². The molecule has 0 fully saturated rings. The van der Waals surface area contributed by atoms with Gasteiger partial charge in [0.1, 0.15) is 0 Å². The molecule has 2 N–H and O–H groups in total. The first-order chi connectivity index (χ1) is 18.7. The summed E-state index contributed by atoms with van der Waals surface area (Å²) in [5.74, 6) is -1.35. The summed E-state index contributed by atoms with van der Waals surface area (Å²) < 4.78 is 0. The van der Waals surface area contributed by atoms with Crippen LogP contribution in [-0.2, 0) is 9.59 Å². The number of carbonyl (C=O) groups is 2. The molecule has 0 spiro atoms. The number of para-hydroxylation sites is 1. The molecule has 198 valence electrons. The number of aliphatic carboxylic acids is 1. The number of nitrogens with one attached hydrogen (secondary N) is 1. The molecule has 0 bridgehead atoms. The number of carbonyl (C=O) groups excluding carboxylic acids is 1. The minimum absolute atomic E-state index is 0.0249. The number of hydrogen-bond acceptors (Lipinski definition) is 4. The Morgan fingerprint density at radius 2 is 1.67 bits per heavy atom. The van der Waals surface area contributed by atoms with Gasteiger partial charge in [-0.05, 0) is 47.9 Å². The maximum atomic E-state index is 13.6. The van der Waals surface area contributed by atoms with Gasteiger partial charge in [0.25, 0.3) is 5.56 Å². The summed E-state index contributed by atoms with van der Waals surface area (Å²) in [4.78, 5) is 40.9. The van der Waals surface area contributed by atoms with E-state index in [1.54, 1.807) is 30.3 Å². The molecule has 10 heteroatoms. The Bertz CT molecular complexity index is 1680. The highest BCUT2D eigenvalue weighted by molar-refractivity contribution is 6.35. The normalized spacial score (nSPS) is 15.0. The van der Waals surface area contributed by atoms with E-state index >= 15 is 0 Å². The first kappa shape index (κ1) is 26.9. The molecule has 0 radical (unpaired) electrons. The van der Waals surface area contributed by atoms with Crippen molar-refractivity contribution in [2.45, 2.75) is 31.7 Å². The van der Waals surface area contributed by atoms with E-state index < -0.39 is 12.0 Å². The quantitative estimate of drug-likeness (QED) is 0.243. The topological polar surface area (TPSA) is 103 Å².